The van der Waals surface area contributed by atoms with Crippen LogP contribution in [0.4, 0.5) is 17.6 Å². The van der Waals surface area contributed by atoms with E-state index in [1.54, 1.807) is 13.1 Å². The summed E-state index contributed by atoms with van der Waals surface area (Å²) in [5, 5.41) is 15.1. The van der Waals surface area contributed by atoms with E-state index in [0.717, 1.165) is 0 Å². The third-order valence-corrected chi connectivity index (χ3v) is 2.18. The maximum atomic E-state index is 9.12. The standard InChI is InChI=1S/C10H19N5O/c1-10(2,6-16)5-13-8-4-7(12-3)14-9(11)15-8/h4,16H,5-6H2,1-3H3,(H4,11,12,13,14,15). The van der Waals surface area contributed by atoms with Gasteiger partial charge in [-0.3, -0.25) is 0 Å². The average molecular weight is 225 g/mol. The van der Waals surface area contributed by atoms with E-state index in [4.69, 9.17) is 10.8 Å². The predicted octanol–water partition coefficient (Wildman–Crippen LogP) is 0.531. The first-order chi connectivity index (χ1) is 7.46. The Morgan fingerprint density at radius 2 is 2.00 bits per heavy atom. The van der Waals surface area contributed by atoms with E-state index in [9.17, 15) is 0 Å². The summed E-state index contributed by atoms with van der Waals surface area (Å²) >= 11 is 0. The van der Waals surface area contributed by atoms with E-state index in [0.29, 0.717) is 18.2 Å². The summed E-state index contributed by atoms with van der Waals surface area (Å²) in [7, 11) is 1.77. The second kappa shape index (κ2) is 4.98. The van der Waals surface area contributed by atoms with Crippen LogP contribution in [0.1, 0.15) is 13.8 Å². The van der Waals surface area contributed by atoms with Crippen molar-refractivity contribution in [2.24, 2.45) is 5.41 Å². The van der Waals surface area contributed by atoms with Crippen LogP contribution in [0.15, 0.2) is 6.07 Å². The molecule has 0 amide bonds. The smallest absolute Gasteiger partial charge is 0.223 e. The number of nitrogens with one attached hydrogen (secondary N) is 2. The summed E-state index contributed by atoms with van der Waals surface area (Å²) < 4.78 is 0. The third-order valence-electron chi connectivity index (χ3n) is 2.18. The molecule has 0 unspecified atom stereocenters. The van der Waals surface area contributed by atoms with Crippen LogP contribution < -0.4 is 16.4 Å². The Balaban J connectivity index is 2.70. The van der Waals surface area contributed by atoms with Crippen LogP contribution in [-0.2, 0) is 0 Å². The zero-order valence-corrected chi connectivity index (χ0v) is 9.91. The molecule has 0 radical (unpaired) electrons. The van der Waals surface area contributed by atoms with Crippen LogP contribution >= 0.6 is 0 Å². The summed E-state index contributed by atoms with van der Waals surface area (Å²) in [5.74, 6) is 1.53. The maximum Gasteiger partial charge on any atom is 0.223 e. The van der Waals surface area contributed by atoms with Gasteiger partial charge in [0.15, 0.2) is 0 Å². The van der Waals surface area contributed by atoms with Crippen molar-refractivity contribution >= 4 is 17.6 Å². The summed E-state index contributed by atoms with van der Waals surface area (Å²) in [6.45, 7) is 4.65. The summed E-state index contributed by atoms with van der Waals surface area (Å²) in [6, 6.07) is 1.77. The molecule has 0 saturated heterocycles. The van der Waals surface area contributed by atoms with E-state index in [-0.39, 0.29) is 18.0 Å². The molecule has 16 heavy (non-hydrogen) atoms. The molecule has 0 saturated carbocycles. The van der Waals surface area contributed by atoms with E-state index in [1.807, 2.05) is 13.8 Å². The lowest BCUT2D eigenvalue weighted by Gasteiger charge is -2.22. The van der Waals surface area contributed by atoms with Gasteiger partial charge in [-0.2, -0.15) is 9.97 Å². The van der Waals surface area contributed by atoms with Crippen molar-refractivity contribution in [3.8, 4) is 0 Å². The molecule has 1 aromatic rings. The molecule has 1 aromatic heterocycles. The average Bonchev–Trinajstić information content (AvgIpc) is 2.26. The molecule has 90 valence electrons. The molecule has 0 aliphatic heterocycles. The molecule has 0 bridgehead atoms. The Labute approximate surface area is 95.3 Å². The highest BCUT2D eigenvalue weighted by molar-refractivity contribution is 5.50. The fraction of sp³-hybridized carbons (Fsp3) is 0.600. The molecule has 0 fully saturated rings. The Bertz CT molecular complexity index is 353. The number of hydrogen-bond acceptors (Lipinski definition) is 6. The van der Waals surface area contributed by atoms with Crippen LogP contribution in [0.2, 0.25) is 0 Å². The van der Waals surface area contributed by atoms with E-state index >= 15 is 0 Å². The maximum absolute atomic E-state index is 9.12. The lowest BCUT2D eigenvalue weighted by Crippen LogP contribution is -2.27. The van der Waals surface area contributed by atoms with Gasteiger partial charge < -0.3 is 21.5 Å². The highest BCUT2D eigenvalue weighted by Gasteiger charge is 2.16. The molecule has 6 nitrogen and oxygen atoms in total. The van der Waals surface area contributed by atoms with E-state index < -0.39 is 0 Å². The molecule has 1 rings (SSSR count). The SMILES string of the molecule is CNc1cc(NCC(C)(C)CO)nc(N)n1. The number of aliphatic hydroxyl groups excluding tert-OH is 1. The number of nitrogens with two attached hydrogens (primary N) is 1. The molecule has 1 heterocycles. The van der Waals surface area contributed by atoms with Crippen molar-refractivity contribution in [1.29, 1.82) is 0 Å². The minimum atomic E-state index is -0.195. The number of nitrogen functional groups attached to an aromatic ring is 1. The Hall–Kier alpha value is -1.56. The lowest BCUT2D eigenvalue weighted by molar-refractivity contribution is 0.170. The van der Waals surface area contributed by atoms with Crippen molar-refractivity contribution in [2.45, 2.75) is 13.8 Å². The summed E-state index contributed by atoms with van der Waals surface area (Å²) in [4.78, 5) is 8.04. The van der Waals surface area contributed by atoms with Gasteiger partial charge in [-0.05, 0) is 0 Å². The van der Waals surface area contributed by atoms with Gasteiger partial charge in [-0.15, -0.1) is 0 Å². The number of aromatic nitrogens is 2. The van der Waals surface area contributed by atoms with Gasteiger partial charge in [0, 0.05) is 31.7 Å². The predicted molar refractivity (Wildman–Crippen MR) is 65.3 cm³/mol. The van der Waals surface area contributed by atoms with Gasteiger partial charge in [-0.25, -0.2) is 0 Å². The Morgan fingerprint density at radius 1 is 1.38 bits per heavy atom. The molecule has 0 aliphatic carbocycles. The number of hydrogen-bond donors (Lipinski definition) is 4. The fourth-order valence-electron chi connectivity index (χ4n) is 1.07. The van der Waals surface area contributed by atoms with Crippen molar-refractivity contribution in [1.82, 2.24) is 9.97 Å². The van der Waals surface area contributed by atoms with Gasteiger partial charge >= 0.3 is 0 Å². The summed E-state index contributed by atoms with van der Waals surface area (Å²) in [5.41, 5.74) is 5.36. The molecule has 6 heteroatoms. The minimum Gasteiger partial charge on any atom is -0.396 e. The van der Waals surface area contributed by atoms with Gasteiger partial charge in [0.1, 0.15) is 11.6 Å². The normalized spacial score (nSPS) is 11.2. The molecule has 5 N–H and O–H groups in total. The van der Waals surface area contributed by atoms with Gasteiger partial charge in [-0.1, -0.05) is 13.8 Å². The van der Waals surface area contributed by atoms with Crippen molar-refractivity contribution in [2.75, 3.05) is 36.6 Å². The molecule has 0 atom stereocenters. The van der Waals surface area contributed by atoms with Gasteiger partial charge in [0.25, 0.3) is 0 Å². The third kappa shape index (κ3) is 3.54. The number of rotatable bonds is 5. The number of aliphatic hydroxyl groups is 1. The van der Waals surface area contributed by atoms with Crippen molar-refractivity contribution in [3.63, 3.8) is 0 Å². The number of anilines is 3. The van der Waals surface area contributed by atoms with Crippen molar-refractivity contribution < 1.29 is 5.11 Å². The highest BCUT2D eigenvalue weighted by Crippen LogP contribution is 2.17. The first-order valence-electron chi connectivity index (χ1n) is 5.14. The minimum absolute atomic E-state index is 0.111. The van der Waals surface area contributed by atoms with Crippen LogP contribution in [-0.4, -0.2) is 35.3 Å². The number of nitrogens with zero attached hydrogens (tertiary/aromatic N) is 2. The second-order valence-electron chi connectivity index (χ2n) is 4.42. The topological polar surface area (TPSA) is 96.1 Å². The first kappa shape index (κ1) is 12.5. The van der Waals surface area contributed by atoms with E-state index in [1.165, 1.54) is 0 Å². The lowest BCUT2D eigenvalue weighted by atomic mass is 9.95. The van der Waals surface area contributed by atoms with E-state index in [2.05, 4.69) is 20.6 Å². The summed E-state index contributed by atoms with van der Waals surface area (Å²) in [6.07, 6.45) is 0. The molecular weight excluding hydrogens is 206 g/mol. The van der Waals surface area contributed by atoms with Gasteiger partial charge in [0.05, 0.1) is 0 Å². The largest absolute Gasteiger partial charge is 0.396 e. The highest BCUT2D eigenvalue weighted by atomic mass is 16.3. The van der Waals surface area contributed by atoms with Gasteiger partial charge in [0.2, 0.25) is 5.95 Å². The zero-order chi connectivity index (χ0) is 12.2. The quantitative estimate of drug-likeness (QED) is 0.584. The van der Waals surface area contributed by atoms with Crippen LogP contribution in [0.25, 0.3) is 0 Å². The van der Waals surface area contributed by atoms with Crippen molar-refractivity contribution in [3.05, 3.63) is 6.07 Å². The Kier molecular flexibility index (Phi) is 3.89. The van der Waals surface area contributed by atoms with Crippen LogP contribution in [0.5, 0.6) is 0 Å². The molecular formula is C10H19N5O. The second-order valence-corrected chi connectivity index (χ2v) is 4.42. The first-order valence-corrected chi connectivity index (χ1v) is 5.14. The zero-order valence-electron chi connectivity index (χ0n) is 9.91. The monoisotopic (exact) mass is 225 g/mol. The fourth-order valence-corrected chi connectivity index (χ4v) is 1.07. The molecule has 0 aromatic carbocycles. The van der Waals surface area contributed by atoms with Crippen LogP contribution in [0.3, 0.4) is 0 Å². The molecule has 0 aliphatic rings. The molecule has 0 spiro atoms. The van der Waals surface area contributed by atoms with Crippen LogP contribution in [0, 0.1) is 5.41 Å². The Morgan fingerprint density at radius 3 is 2.56 bits per heavy atom.